The Morgan fingerprint density at radius 3 is 1.74 bits per heavy atom. The van der Waals surface area contributed by atoms with E-state index < -0.39 is 0 Å². The van der Waals surface area contributed by atoms with Crippen LogP contribution in [0.1, 0.15) is 0 Å². The van der Waals surface area contributed by atoms with Gasteiger partial charge in [-0.15, -0.1) is 0 Å². The number of fused-ring (bicyclic) bond motifs is 3. The van der Waals surface area contributed by atoms with Gasteiger partial charge in [0.2, 0.25) is 0 Å². The van der Waals surface area contributed by atoms with Crippen molar-refractivity contribution in [1.82, 2.24) is 9.61 Å². The van der Waals surface area contributed by atoms with Crippen molar-refractivity contribution in [2.45, 2.75) is 0 Å². The van der Waals surface area contributed by atoms with Crippen LogP contribution in [0.4, 0.5) is 0 Å². The van der Waals surface area contributed by atoms with Crippen LogP contribution in [0.3, 0.4) is 0 Å². The van der Waals surface area contributed by atoms with Crippen molar-refractivity contribution < 1.29 is 0 Å². The van der Waals surface area contributed by atoms with Crippen LogP contribution >= 0.6 is 0 Å². The molecule has 0 saturated heterocycles. The van der Waals surface area contributed by atoms with Crippen LogP contribution in [0.15, 0.2) is 170 Å². The molecule has 47 heavy (non-hydrogen) atoms. The first-order chi connectivity index (χ1) is 23.3. The fourth-order valence-corrected chi connectivity index (χ4v) is 7.59. The van der Waals surface area contributed by atoms with Gasteiger partial charge in [0.05, 0.1) is 11.2 Å². The normalized spacial score (nSPS) is 11.8. The molecule has 2 aromatic heterocycles. The highest BCUT2D eigenvalue weighted by Crippen LogP contribution is 2.46. The predicted molar refractivity (Wildman–Crippen MR) is 198 cm³/mol. The SMILES string of the molecule is c1ccc(-c2ccc3cc(-c4ccccc4)n4nc(-c5cc6cccc7ccc8cccc5c8c76)c(-c5ccccc5)c4c3c2)cc1. The van der Waals surface area contributed by atoms with Gasteiger partial charge in [0.1, 0.15) is 5.69 Å². The van der Waals surface area contributed by atoms with E-state index in [-0.39, 0.29) is 0 Å². The van der Waals surface area contributed by atoms with Crippen LogP contribution in [-0.4, -0.2) is 9.61 Å². The minimum Gasteiger partial charge on any atom is -0.231 e. The molecular formula is C45H28N2. The topological polar surface area (TPSA) is 17.3 Å². The first-order valence-electron chi connectivity index (χ1n) is 16.1. The van der Waals surface area contributed by atoms with E-state index in [4.69, 9.17) is 5.10 Å². The lowest BCUT2D eigenvalue weighted by Crippen LogP contribution is -1.96. The summed E-state index contributed by atoms with van der Waals surface area (Å²) in [5.74, 6) is 0. The Morgan fingerprint density at radius 1 is 0.383 bits per heavy atom. The molecule has 10 aromatic rings. The summed E-state index contributed by atoms with van der Waals surface area (Å²) in [5, 5.41) is 15.6. The Kier molecular flexibility index (Phi) is 5.61. The largest absolute Gasteiger partial charge is 0.231 e. The van der Waals surface area contributed by atoms with E-state index in [0.717, 1.165) is 39.2 Å². The molecule has 0 amide bonds. The zero-order valence-corrected chi connectivity index (χ0v) is 25.6. The van der Waals surface area contributed by atoms with E-state index in [9.17, 15) is 0 Å². The highest BCUT2D eigenvalue weighted by atomic mass is 15.2. The molecule has 0 radical (unpaired) electrons. The maximum absolute atomic E-state index is 5.61. The smallest absolute Gasteiger partial charge is 0.102 e. The number of nitrogens with zero attached hydrogens (tertiary/aromatic N) is 2. The first kappa shape index (κ1) is 26.0. The van der Waals surface area contributed by atoms with Gasteiger partial charge in [-0.05, 0) is 72.6 Å². The average Bonchev–Trinajstić information content (AvgIpc) is 3.55. The summed E-state index contributed by atoms with van der Waals surface area (Å²) in [6, 6.07) is 61.4. The fourth-order valence-electron chi connectivity index (χ4n) is 7.59. The second kappa shape index (κ2) is 10.1. The Bertz CT molecular complexity index is 2760. The molecule has 0 unspecified atom stereocenters. The summed E-state index contributed by atoms with van der Waals surface area (Å²) < 4.78 is 2.20. The van der Waals surface area contributed by atoms with Crippen molar-refractivity contribution >= 4 is 48.6 Å². The molecule has 0 spiro atoms. The summed E-state index contributed by atoms with van der Waals surface area (Å²) in [4.78, 5) is 0. The molecule has 0 aliphatic heterocycles. The van der Waals surface area contributed by atoms with E-state index in [1.807, 2.05) is 0 Å². The van der Waals surface area contributed by atoms with Gasteiger partial charge in [-0.1, -0.05) is 152 Å². The Hall–Kier alpha value is -6.25. The number of pyridine rings is 1. The van der Waals surface area contributed by atoms with Gasteiger partial charge >= 0.3 is 0 Å². The number of hydrogen-bond acceptors (Lipinski definition) is 1. The molecule has 0 bridgehead atoms. The zero-order valence-electron chi connectivity index (χ0n) is 25.6. The highest BCUT2D eigenvalue weighted by Gasteiger charge is 2.24. The van der Waals surface area contributed by atoms with Crippen molar-refractivity contribution in [1.29, 1.82) is 0 Å². The maximum atomic E-state index is 5.61. The van der Waals surface area contributed by atoms with Crippen molar-refractivity contribution in [2.75, 3.05) is 0 Å². The fraction of sp³-hybridized carbons (Fsp3) is 0. The minimum absolute atomic E-state index is 0.991. The van der Waals surface area contributed by atoms with Crippen molar-refractivity contribution in [3.63, 3.8) is 0 Å². The monoisotopic (exact) mass is 596 g/mol. The Balaban J connectivity index is 1.41. The summed E-state index contributed by atoms with van der Waals surface area (Å²) in [7, 11) is 0. The zero-order chi connectivity index (χ0) is 30.9. The van der Waals surface area contributed by atoms with E-state index in [1.165, 1.54) is 54.2 Å². The van der Waals surface area contributed by atoms with Crippen LogP contribution in [0.2, 0.25) is 0 Å². The third-order valence-corrected chi connectivity index (χ3v) is 9.72. The van der Waals surface area contributed by atoms with Crippen LogP contribution in [-0.2, 0) is 0 Å². The number of benzene rings is 8. The van der Waals surface area contributed by atoms with Gasteiger partial charge in [-0.25, -0.2) is 4.52 Å². The van der Waals surface area contributed by atoms with Crippen molar-refractivity contribution in [3.05, 3.63) is 170 Å². The van der Waals surface area contributed by atoms with Crippen LogP contribution in [0, 0.1) is 0 Å². The van der Waals surface area contributed by atoms with Gasteiger partial charge in [0.15, 0.2) is 0 Å². The maximum Gasteiger partial charge on any atom is 0.102 e. The third kappa shape index (κ3) is 3.95. The van der Waals surface area contributed by atoms with Gasteiger partial charge in [0, 0.05) is 22.1 Å². The lowest BCUT2D eigenvalue weighted by Gasteiger charge is -2.15. The van der Waals surface area contributed by atoms with Crippen molar-refractivity contribution in [2.24, 2.45) is 0 Å². The Labute approximate surface area is 272 Å². The third-order valence-electron chi connectivity index (χ3n) is 9.72. The van der Waals surface area contributed by atoms with E-state index in [2.05, 4.69) is 174 Å². The van der Waals surface area contributed by atoms with Crippen molar-refractivity contribution in [3.8, 4) is 44.8 Å². The molecule has 218 valence electrons. The van der Waals surface area contributed by atoms with E-state index in [0.29, 0.717) is 0 Å². The lowest BCUT2D eigenvalue weighted by atomic mass is 9.88. The molecule has 8 aromatic carbocycles. The van der Waals surface area contributed by atoms with E-state index in [1.54, 1.807) is 0 Å². The van der Waals surface area contributed by atoms with E-state index >= 15 is 0 Å². The van der Waals surface area contributed by atoms with Crippen LogP contribution < -0.4 is 0 Å². The molecule has 0 fully saturated rings. The second-order valence-corrected chi connectivity index (χ2v) is 12.4. The molecule has 0 aliphatic carbocycles. The Morgan fingerprint density at radius 2 is 1.00 bits per heavy atom. The quantitative estimate of drug-likeness (QED) is 0.185. The van der Waals surface area contributed by atoms with Crippen LogP contribution in [0.5, 0.6) is 0 Å². The molecule has 0 atom stereocenters. The molecule has 0 N–H and O–H groups in total. The summed E-state index contributed by atoms with van der Waals surface area (Å²) in [6.45, 7) is 0. The second-order valence-electron chi connectivity index (χ2n) is 12.4. The summed E-state index contributed by atoms with van der Waals surface area (Å²) in [6.07, 6.45) is 0. The van der Waals surface area contributed by atoms with Gasteiger partial charge < -0.3 is 0 Å². The molecular weight excluding hydrogens is 569 g/mol. The van der Waals surface area contributed by atoms with Gasteiger partial charge in [0.25, 0.3) is 0 Å². The van der Waals surface area contributed by atoms with Gasteiger partial charge in [-0.2, -0.15) is 5.10 Å². The number of hydrogen-bond donors (Lipinski definition) is 0. The molecule has 10 rings (SSSR count). The van der Waals surface area contributed by atoms with Gasteiger partial charge in [-0.3, -0.25) is 0 Å². The highest BCUT2D eigenvalue weighted by molar-refractivity contribution is 6.27. The first-order valence-corrected chi connectivity index (χ1v) is 16.1. The summed E-state index contributed by atoms with van der Waals surface area (Å²) in [5.41, 5.74) is 10.2. The number of aromatic nitrogens is 2. The lowest BCUT2D eigenvalue weighted by molar-refractivity contribution is 0.980. The minimum atomic E-state index is 0.991. The molecule has 2 heteroatoms. The molecule has 0 saturated carbocycles. The standard InChI is InChI=1S/C45H28N2/c1-4-12-29(13-5-1)34-24-25-35-28-40(30-14-6-2-7-15-30)47-45(38(35)26-34)43(31-16-8-3-9-17-31)44(46-47)39-27-36-20-10-18-32-22-23-33-19-11-21-37(39)42(33)41(32)36/h1-28H. The molecule has 2 nitrogen and oxygen atoms in total. The summed E-state index contributed by atoms with van der Waals surface area (Å²) >= 11 is 0. The predicted octanol–water partition coefficient (Wildman–Crippen LogP) is 12.1. The molecule has 0 aliphatic rings. The molecule has 2 heterocycles. The average molecular weight is 597 g/mol. The number of rotatable bonds is 4. The van der Waals surface area contributed by atoms with Crippen LogP contribution in [0.25, 0.3) is 93.4 Å².